The molecule has 0 aromatic carbocycles. The summed E-state index contributed by atoms with van der Waals surface area (Å²) in [6, 6.07) is 7.31. The number of rotatable bonds is 7. The SMILES string of the molecule is NC(=O)C(=O)C(Cc1ccncc1)NC(=O)c1ocnc1-c1ccccn1. The van der Waals surface area contributed by atoms with E-state index < -0.39 is 23.6 Å². The molecule has 0 saturated carbocycles. The van der Waals surface area contributed by atoms with Crippen LogP contribution in [0.4, 0.5) is 0 Å². The zero-order valence-electron chi connectivity index (χ0n) is 14.0. The predicted molar refractivity (Wildman–Crippen MR) is 93.1 cm³/mol. The van der Waals surface area contributed by atoms with E-state index in [1.165, 1.54) is 0 Å². The normalized spacial score (nSPS) is 11.6. The average Bonchev–Trinajstić information content (AvgIpc) is 3.18. The first-order chi connectivity index (χ1) is 13.1. The highest BCUT2D eigenvalue weighted by Gasteiger charge is 2.28. The number of carbonyl (C=O) groups excluding carboxylic acids is 3. The first-order valence-electron chi connectivity index (χ1n) is 7.94. The maximum absolute atomic E-state index is 12.6. The summed E-state index contributed by atoms with van der Waals surface area (Å²) < 4.78 is 5.17. The lowest BCUT2D eigenvalue weighted by Gasteiger charge is -2.15. The standard InChI is InChI=1S/C18H15N5O4/c19-17(25)15(24)13(9-11-4-7-20-8-5-11)23-18(26)16-14(22-10-27-16)12-3-1-2-6-21-12/h1-8,10,13H,9H2,(H2,19,25)(H,23,26). The molecule has 1 unspecified atom stereocenters. The van der Waals surface area contributed by atoms with Gasteiger partial charge in [0.2, 0.25) is 11.5 Å². The number of nitrogens with one attached hydrogen (secondary N) is 1. The third kappa shape index (κ3) is 4.21. The van der Waals surface area contributed by atoms with Gasteiger partial charge in [-0.15, -0.1) is 0 Å². The number of carbonyl (C=O) groups is 3. The van der Waals surface area contributed by atoms with E-state index in [0.717, 1.165) is 6.39 Å². The molecule has 0 spiro atoms. The Labute approximate surface area is 153 Å². The Hall–Kier alpha value is -3.88. The third-order valence-corrected chi connectivity index (χ3v) is 3.74. The van der Waals surface area contributed by atoms with Crippen molar-refractivity contribution in [2.24, 2.45) is 5.73 Å². The molecule has 0 saturated heterocycles. The monoisotopic (exact) mass is 365 g/mol. The maximum Gasteiger partial charge on any atom is 0.290 e. The average molecular weight is 365 g/mol. The maximum atomic E-state index is 12.6. The van der Waals surface area contributed by atoms with Gasteiger partial charge in [-0.25, -0.2) is 4.98 Å². The van der Waals surface area contributed by atoms with Gasteiger partial charge in [0.25, 0.3) is 11.8 Å². The highest BCUT2D eigenvalue weighted by Crippen LogP contribution is 2.19. The van der Waals surface area contributed by atoms with Gasteiger partial charge in [-0.3, -0.25) is 24.4 Å². The summed E-state index contributed by atoms with van der Waals surface area (Å²) in [4.78, 5) is 48.1. The van der Waals surface area contributed by atoms with Gasteiger partial charge >= 0.3 is 0 Å². The quantitative estimate of drug-likeness (QED) is 0.582. The molecule has 9 nitrogen and oxygen atoms in total. The molecule has 1 atom stereocenters. The minimum atomic E-state index is -1.15. The van der Waals surface area contributed by atoms with Crippen molar-refractivity contribution in [1.29, 1.82) is 0 Å². The number of primary amides is 1. The molecule has 0 aliphatic heterocycles. The van der Waals surface area contributed by atoms with Gasteiger partial charge in [0, 0.05) is 25.0 Å². The summed E-state index contributed by atoms with van der Waals surface area (Å²) in [7, 11) is 0. The van der Waals surface area contributed by atoms with E-state index in [9.17, 15) is 14.4 Å². The lowest BCUT2D eigenvalue weighted by molar-refractivity contribution is -0.137. The minimum absolute atomic E-state index is 0.0725. The molecule has 0 aliphatic carbocycles. The van der Waals surface area contributed by atoms with E-state index in [4.69, 9.17) is 10.2 Å². The van der Waals surface area contributed by atoms with Crippen LogP contribution in [-0.2, 0) is 16.0 Å². The van der Waals surface area contributed by atoms with E-state index in [1.807, 2.05) is 0 Å². The van der Waals surface area contributed by atoms with Crippen LogP contribution in [0.5, 0.6) is 0 Å². The largest absolute Gasteiger partial charge is 0.438 e. The van der Waals surface area contributed by atoms with E-state index >= 15 is 0 Å². The van der Waals surface area contributed by atoms with E-state index in [0.29, 0.717) is 11.3 Å². The molecule has 3 aromatic heterocycles. The molecule has 0 radical (unpaired) electrons. The van der Waals surface area contributed by atoms with Crippen molar-refractivity contribution in [3.8, 4) is 11.4 Å². The van der Waals surface area contributed by atoms with Crippen LogP contribution in [0, 0.1) is 0 Å². The van der Waals surface area contributed by atoms with Crippen LogP contribution in [0.1, 0.15) is 16.1 Å². The Balaban J connectivity index is 1.84. The van der Waals surface area contributed by atoms with Gasteiger partial charge in [-0.1, -0.05) is 6.07 Å². The smallest absolute Gasteiger partial charge is 0.290 e. The molecule has 27 heavy (non-hydrogen) atoms. The van der Waals surface area contributed by atoms with E-state index in [1.54, 1.807) is 48.9 Å². The van der Waals surface area contributed by atoms with Gasteiger partial charge in [0.15, 0.2) is 6.39 Å². The van der Waals surface area contributed by atoms with E-state index in [2.05, 4.69) is 20.3 Å². The van der Waals surface area contributed by atoms with Crippen LogP contribution in [-0.4, -0.2) is 38.6 Å². The summed E-state index contributed by atoms with van der Waals surface area (Å²) in [5.41, 5.74) is 6.47. The number of Topliss-reactive ketones (excluding diaryl/α,β-unsaturated/α-hetero) is 1. The number of pyridine rings is 2. The minimum Gasteiger partial charge on any atom is -0.438 e. The number of oxazole rings is 1. The Kier molecular flexibility index (Phi) is 5.31. The molecule has 3 N–H and O–H groups in total. The van der Waals surface area contributed by atoms with Gasteiger partial charge < -0.3 is 15.5 Å². The van der Waals surface area contributed by atoms with Crippen molar-refractivity contribution >= 4 is 17.6 Å². The number of aromatic nitrogens is 3. The lowest BCUT2D eigenvalue weighted by atomic mass is 10.0. The third-order valence-electron chi connectivity index (χ3n) is 3.74. The predicted octanol–water partition coefficient (Wildman–Crippen LogP) is 0.527. The zero-order valence-corrected chi connectivity index (χ0v) is 14.0. The molecule has 0 aliphatic rings. The van der Waals surface area contributed by atoms with Crippen molar-refractivity contribution in [3.63, 3.8) is 0 Å². The van der Waals surface area contributed by atoms with Crippen molar-refractivity contribution in [2.75, 3.05) is 0 Å². The van der Waals surface area contributed by atoms with Crippen molar-refractivity contribution in [1.82, 2.24) is 20.3 Å². The molecule has 3 heterocycles. The fourth-order valence-corrected chi connectivity index (χ4v) is 2.45. The van der Waals surface area contributed by atoms with Gasteiger partial charge in [-0.2, -0.15) is 0 Å². The number of amides is 2. The Bertz CT molecular complexity index is 956. The molecular formula is C18H15N5O4. The second-order valence-corrected chi connectivity index (χ2v) is 5.56. The van der Waals surface area contributed by atoms with Crippen LogP contribution in [0.3, 0.4) is 0 Å². The van der Waals surface area contributed by atoms with Crippen molar-refractivity contribution < 1.29 is 18.8 Å². The first kappa shape index (κ1) is 17.9. The molecule has 0 fully saturated rings. The Morgan fingerprint density at radius 3 is 2.52 bits per heavy atom. The number of nitrogens with zero attached hydrogens (tertiary/aromatic N) is 3. The van der Waals surface area contributed by atoms with Crippen molar-refractivity contribution in [2.45, 2.75) is 12.5 Å². The topological polar surface area (TPSA) is 141 Å². The number of nitrogens with two attached hydrogens (primary N) is 1. The van der Waals surface area contributed by atoms with Crippen LogP contribution in [0.25, 0.3) is 11.4 Å². The second-order valence-electron chi connectivity index (χ2n) is 5.56. The summed E-state index contributed by atoms with van der Waals surface area (Å²) >= 11 is 0. The van der Waals surface area contributed by atoms with Crippen LogP contribution in [0.15, 0.2) is 59.7 Å². The summed E-state index contributed by atoms with van der Waals surface area (Å²) in [5, 5.41) is 2.49. The van der Waals surface area contributed by atoms with Crippen molar-refractivity contribution in [3.05, 3.63) is 66.6 Å². The summed E-state index contributed by atoms with van der Waals surface area (Å²) in [6.45, 7) is 0. The number of hydrogen-bond acceptors (Lipinski definition) is 7. The fraction of sp³-hybridized carbons (Fsp3) is 0.111. The highest BCUT2D eigenvalue weighted by atomic mass is 16.3. The van der Waals surface area contributed by atoms with E-state index in [-0.39, 0.29) is 17.9 Å². The fourth-order valence-electron chi connectivity index (χ4n) is 2.45. The molecule has 0 bridgehead atoms. The number of hydrogen-bond donors (Lipinski definition) is 2. The number of ketones is 1. The lowest BCUT2D eigenvalue weighted by Crippen LogP contribution is -2.47. The van der Waals surface area contributed by atoms with Gasteiger partial charge in [0.1, 0.15) is 11.7 Å². The second kappa shape index (κ2) is 8.00. The summed E-state index contributed by atoms with van der Waals surface area (Å²) in [6.07, 6.45) is 5.81. The first-order valence-corrected chi connectivity index (χ1v) is 7.94. The van der Waals surface area contributed by atoms with Gasteiger partial charge in [-0.05, 0) is 29.8 Å². The molecule has 2 amide bonds. The van der Waals surface area contributed by atoms with Crippen LogP contribution in [0.2, 0.25) is 0 Å². The van der Waals surface area contributed by atoms with Crippen LogP contribution >= 0.6 is 0 Å². The zero-order chi connectivity index (χ0) is 19.2. The Morgan fingerprint density at radius 2 is 1.85 bits per heavy atom. The van der Waals surface area contributed by atoms with Gasteiger partial charge in [0.05, 0.1) is 5.69 Å². The molecule has 3 aromatic rings. The highest BCUT2D eigenvalue weighted by molar-refractivity contribution is 6.38. The summed E-state index contributed by atoms with van der Waals surface area (Å²) in [5.74, 6) is -2.89. The van der Waals surface area contributed by atoms with Crippen LogP contribution < -0.4 is 11.1 Å². The Morgan fingerprint density at radius 1 is 1.07 bits per heavy atom. The molecule has 3 rings (SSSR count). The molecular weight excluding hydrogens is 350 g/mol. The molecule has 9 heteroatoms. The molecule has 136 valence electrons.